The van der Waals surface area contributed by atoms with Gasteiger partial charge in [-0.1, -0.05) is 39.0 Å². The third-order valence-electron chi connectivity index (χ3n) is 5.94. The van der Waals surface area contributed by atoms with E-state index in [1.54, 1.807) is 11.3 Å². The van der Waals surface area contributed by atoms with E-state index in [9.17, 15) is 9.90 Å². The lowest BCUT2D eigenvalue weighted by molar-refractivity contribution is -0.136. The molecule has 0 saturated carbocycles. The summed E-state index contributed by atoms with van der Waals surface area (Å²) in [6, 6.07) is 9.99. The van der Waals surface area contributed by atoms with Gasteiger partial charge in [0.05, 0.1) is 25.3 Å². The summed E-state index contributed by atoms with van der Waals surface area (Å²) in [5.74, 6) is 1.36. The van der Waals surface area contributed by atoms with Crippen molar-refractivity contribution in [3.63, 3.8) is 0 Å². The van der Waals surface area contributed by atoms with E-state index >= 15 is 0 Å². The molecule has 0 spiro atoms. The Morgan fingerprint density at radius 2 is 2.06 bits per heavy atom. The maximum atomic E-state index is 13.4. The third kappa shape index (κ3) is 7.27. The predicted molar refractivity (Wildman–Crippen MR) is 133 cm³/mol. The Morgan fingerprint density at radius 3 is 2.79 bits per heavy atom. The van der Waals surface area contributed by atoms with Crippen LogP contribution in [-0.4, -0.2) is 72.9 Å². The fraction of sp³-hybridized carbons (Fsp3) is 0.577. The van der Waals surface area contributed by atoms with Gasteiger partial charge in [-0.3, -0.25) is 9.69 Å². The topological polar surface area (TPSA) is 62.2 Å². The molecule has 0 fully saturated rings. The van der Waals surface area contributed by atoms with E-state index in [0.717, 1.165) is 17.7 Å². The minimum Gasteiger partial charge on any atom is -0.491 e. The molecular weight excluding hydrogens is 436 g/mol. The van der Waals surface area contributed by atoms with Crippen molar-refractivity contribution < 1.29 is 19.4 Å². The lowest BCUT2D eigenvalue weighted by Crippen LogP contribution is -2.48. The van der Waals surface area contributed by atoms with Crippen molar-refractivity contribution in [1.29, 1.82) is 0 Å². The Kier molecular flexibility index (Phi) is 9.74. The molecule has 3 rings (SSSR count). The number of ether oxygens (including phenoxy) is 2. The standard InChI is InChI=1S/C26H38N2O4S/c1-5-27(14-21(29)17-31-16-19(2)3)15-26(30)28-12-10-25-22(11-13-33-25)23(28)18-32-24-9-7-6-8-20(24)4/h6-9,11,13,19,21,23,29H,5,10,12,14-18H2,1-4H3/t21-,23+/m0/s1. The number of fused-ring (bicyclic) bond motifs is 1. The van der Waals surface area contributed by atoms with Crippen molar-refractivity contribution in [2.45, 2.75) is 46.3 Å². The molecule has 1 aliphatic rings. The fourth-order valence-corrected chi connectivity index (χ4v) is 5.07. The fourth-order valence-electron chi connectivity index (χ4n) is 4.14. The molecule has 0 radical (unpaired) electrons. The van der Waals surface area contributed by atoms with Gasteiger partial charge < -0.3 is 19.5 Å². The highest BCUT2D eigenvalue weighted by atomic mass is 32.1. The molecule has 1 aliphatic heterocycles. The van der Waals surface area contributed by atoms with Gasteiger partial charge in [-0.15, -0.1) is 11.3 Å². The average molecular weight is 475 g/mol. The Labute approximate surface area is 202 Å². The smallest absolute Gasteiger partial charge is 0.237 e. The summed E-state index contributed by atoms with van der Waals surface area (Å²) in [7, 11) is 0. The van der Waals surface area contributed by atoms with Crippen molar-refractivity contribution in [2.75, 3.05) is 46.0 Å². The van der Waals surface area contributed by atoms with E-state index in [1.165, 1.54) is 10.4 Å². The molecule has 6 nitrogen and oxygen atoms in total. The molecule has 182 valence electrons. The van der Waals surface area contributed by atoms with Crippen LogP contribution in [0.2, 0.25) is 0 Å². The SMILES string of the molecule is CCN(CC(=O)N1CCc2sccc2[C@H]1COc1ccccc1C)C[C@H](O)COCC(C)C. The van der Waals surface area contributed by atoms with Gasteiger partial charge in [0.2, 0.25) is 5.91 Å². The Bertz CT molecular complexity index is 885. The lowest BCUT2D eigenvalue weighted by atomic mass is 10.0. The normalized spacial score (nSPS) is 16.8. The molecular formula is C26H38N2O4S. The van der Waals surface area contributed by atoms with E-state index in [-0.39, 0.29) is 25.1 Å². The minimum absolute atomic E-state index is 0.0717. The number of benzene rings is 1. The van der Waals surface area contributed by atoms with Crippen LogP contribution in [0.25, 0.3) is 0 Å². The number of carbonyl (C=O) groups is 1. The minimum atomic E-state index is -0.610. The van der Waals surface area contributed by atoms with Gasteiger partial charge in [0.1, 0.15) is 12.4 Å². The van der Waals surface area contributed by atoms with Crippen molar-refractivity contribution in [2.24, 2.45) is 5.92 Å². The third-order valence-corrected chi connectivity index (χ3v) is 6.94. The molecule has 7 heteroatoms. The van der Waals surface area contributed by atoms with E-state index in [0.29, 0.717) is 38.8 Å². The molecule has 0 saturated heterocycles. The van der Waals surface area contributed by atoms with E-state index in [1.807, 2.05) is 47.9 Å². The van der Waals surface area contributed by atoms with Gasteiger partial charge in [0.25, 0.3) is 0 Å². The highest BCUT2D eigenvalue weighted by Crippen LogP contribution is 2.34. The second-order valence-electron chi connectivity index (χ2n) is 9.14. The maximum Gasteiger partial charge on any atom is 0.237 e. The van der Waals surface area contributed by atoms with Crippen LogP contribution in [0.1, 0.15) is 42.8 Å². The molecule has 2 aromatic rings. The zero-order valence-electron chi connectivity index (χ0n) is 20.3. The summed E-state index contributed by atoms with van der Waals surface area (Å²) in [6.07, 6.45) is 0.263. The molecule has 2 atom stereocenters. The number of aliphatic hydroxyl groups excluding tert-OH is 1. The number of para-hydroxylation sites is 1. The van der Waals surface area contributed by atoms with Crippen LogP contribution in [0.15, 0.2) is 35.7 Å². The number of thiophene rings is 1. The number of aryl methyl sites for hydroxylation is 1. The van der Waals surface area contributed by atoms with Crippen molar-refractivity contribution in [3.05, 3.63) is 51.7 Å². The second kappa shape index (κ2) is 12.5. The first kappa shape index (κ1) is 25.7. The number of amides is 1. The van der Waals surface area contributed by atoms with E-state index < -0.39 is 6.10 Å². The molecule has 1 aromatic heterocycles. The number of likely N-dealkylation sites (N-methyl/N-ethyl adjacent to an activating group) is 1. The first-order valence-corrected chi connectivity index (χ1v) is 12.8. The Morgan fingerprint density at radius 1 is 1.27 bits per heavy atom. The highest BCUT2D eigenvalue weighted by Gasteiger charge is 2.33. The monoisotopic (exact) mass is 474 g/mol. The molecule has 0 bridgehead atoms. The summed E-state index contributed by atoms with van der Waals surface area (Å²) in [6.45, 7) is 11.6. The molecule has 1 N–H and O–H groups in total. The van der Waals surface area contributed by atoms with Crippen molar-refractivity contribution in [1.82, 2.24) is 9.80 Å². The number of hydrogen-bond acceptors (Lipinski definition) is 6. The van der Waals surface area contributed by atoms with Crippen LogP contribution in [-0.2, 0) is 16.0 Å². The molecule has 1 amide bonds. The van der Waals surface area contributed by atoms with Crippen molar-refractivity contribution in [3.8, 4) is 5.75 Å². The van der Waals surface area contributed by atoms with Crippen molar-refractivity contribution >= 4 is 17.2 Å². The quantitative estimate of drug-likeness (QED) is 0.505. The zero-order chi connectivity index (χ0) is 23.8. The molecule has 0 aliphatic carbocycles. The summed E-state index contributed by atoms with van der Waals surface area (Å²) in [5, 5.41) is 12.5. The summed E-state index contributed by atoms with van der Waals surface area (Å²) in [5.41, 5.74) is 2.28. The number of hydrogen-bond donors (Lipinski definition) is 1. The first-order chi connectivity index (χ1) is 15.9. The second-order valence-corrected chi connectivity index (χ2v) is 10.1. The maximum absolute atomic E-state index is 13.4. The summed E-state index contributed by atoms with van der Waals surface area (Å²) >= 11 is 1.75. The Hall–Kier alpha value is -1.93. The predicted octanol–water partition coefficient (Wildman–Crippen LogP) is 3.92. The van der Waals surface area contributed by atoms with E-state index in [4.69, 9.17) is 9.47 Å². The van der Waals surface area contributed by atoms with Gasteiger partial charge in [-0.05, 0) is 54.4 Å². The molecule has 33 heavy (non-hydrogen) atoms. The van der Waals surface area contributed by atoms with Crippen LogP contribution in [0.5, 0.6) is 5.75 Å². The number of aliphatic hydroxyl groups is 1. The number of rotatable bonds is 12. The average Bonchev–Trinajstić information content (AvgIpc) is 3.26. The van der Waals surface area contributed by atoms with Gasteiger partial charge in [-0.2, -0.15) is 0 Å². The number of carbonyl (C=O) groups excluding carboxylic acids is 1. The van der Waals surface area contributed by atoms with Crippen LogP contribution in [0.3, 0.4) is 0 Å². The van der Waals surface area contributed by atoms with E-state index in [2.05, 4.69) is 25.3 Å². The summed E-state index contributed by atoms with van der Waals surface area (Å²) in [4.78, 5) is 18.7. The van der Waals surface area contributed by atoms with Gasteiger partial charge in [0.15, 0.2) is 0 Å². The highest BCUT2D eigenvalue weighted by molar-refractivity contribution is 7.10. The van der Waals surface area contributed by atoms with Crippen LogP contribution >= 0.6 is 11.3 Å². The van der Waals surface area contributed by atoms with Gasteiger partial charge in [0, 0.05) is 24.6 Å². The van der Waals surface area contributed by atoms with Gasteiger partial charge >= 0.3 is 0 Å². The van der Waals surface area contributed by atoms with Gasteiger partial charge in [-0.25, -0.2) is 0 Å². The Balaban J connectivity index is 1.63. The first-order valence-electron chi connectivity index (χ1n) is 11.9. The lowest BCUT2D eigenvalue weighted by Gasteiger charge is -2.37. The molecule has 1 aromatic carbocycles. The molecule has 2 heterocycles. The zero-order valence-corrected chi connectivity index (χ0v) is 21.1. The number of nitrogens with zero attached hydrogens (tertiary/aromatic N) is 2. The van der Waals surface area contributed by atoms with Crippen LogP contribution < -0.4 is 4.74 Å². The largest absolute Gasteiger partial charge is 0.491 e. The van der Waals surface area contributed by atoms with Crippen LogP contribution in [0, 0.1) is 12.8 Å². The summed E-state index contributed by atoms with van der Waals surface area (Å²) < 4.78 is 11.7. The van der Waals surface area contributed by atoms with Crippen LogP contribution in [0.4, 0.5) is 0 Å². The molecule has 0 unspecified atom stereocenters.